The third-order valence-electron chi connectivity index (χ3n) is 3.31. The van der Waals surface area contributed by atoms with E-state index in [-0.39, 0.29) is 12.2 Å². The summed E-state index contributed by atoms with van der Waals surface area (Å²) in [6, 6.07) is 6.92. The van der Waals surface area contributed by atoms with Gasteiger partial charge in [0.2, 0.25) is 0 Å². The van der Waals surface area contributed by atoms with E-state index in [4.69, 9.17) is 10.5 Å². The Kier molecular flexibility index (Phi) is 4.03. The molecule has 0 atom stereocenters. The first-order valence-corrected chi connectivity index (χ1v) is 6.40. The summed E-state index contributed by atoms with van der Waals surface area (Å²) in [5.74, 6) is 0.812. The summed E-state index contributed by atoms with van der Waals surface area (Å²) < 4.78 is 5.35. The summed E-state index contributed by atoms with van der Waals surface area (Å²) in [5.41, 5.74) is 9.53. The van der Waals surface area contributed by atoms with Crippen LogP contribution in [0.3, 0.4) is 0 Å². The monoisotopic (exact) mass is 270 g/mol. The number of ether oxygens (including phenoxy) is 1. The molecule has 0 aliphatic rings. The number of carbonyl (C=O) groups excluding carboxylic acids is 1. The molecule has 0 aliphatic heterocycles. The molecule has 0 amide bonds. The first-order valence-electron chi connectivity index (χ1n) is 6.40. The fourth-order valence-corrected chi connectivity index (χ4v) is 2.17. The number of nitrogen functional groups attached to an aromatic ring is 1. The van der Waals surface area contributed by atoms with E-state index in [1.165, 1.54) is 0 Å². The lowest BCUT2D eigenvalue weighted by atomic mass is 10.0. The quantitative estimate of drug-likeness (QED) is 0.685. The number of benzene rings is 1. The Labute approximate surface area is 118 Å². The highest BCUT2D eigenvalue weighted by molar-refractivity contribution is 5.97. The standard InChI is InChI=1S/C16H18N2O2/c1-10-9-18-14(11(2)16(10)20-3)8-15(19)12-4-6-13(17)7-5-12/h4-7,9H,8,17H2,1-3H3. The van der Waals surface area contributed by atoms with Crippen LogP contribution in [0.5, 0.6) is 5.75 Å². The number of carbonyl (C=O) groups is 1. The van der Waals surface area contributed by atoms with Gasteiger partial charge in [0.05, 0.1) is 19.2 Å². The second-order valence-corrected chi connectivity index (χ2v) is 4.77. The number of rotatable bonds is 4. The van der Waals surface area contributed by atoms with E-state index in [1.54, 1.807) is 37.6 Å². The Hall–Kier alpha value is -2.36. The molecule has 0 bridgehead atoms. The van der Waals surface area contributed by atoms with Crippen molar-refractivity contribution in [3.05, 3.63) is 52.8 Å². The second-order valence-electron chi connectivity index (χ2n) is 4.77. The topological polar surface area (TPSA) is 65.2 Å². The van der Waals surface area contributed by atoms with Crippen molar-refractivity contribution in [2.45, 2.75) is 20.3 Å². The molecule has 2 rings (SSSR count). The Morgan fingerprint density at radius 3 is 2.50 bits per heavy atom. The molecule has 0 aliphatic carbocycles. The van der Waals surface area contributed by atoms with Gasteiger partial charge in [-0.05, 0) is 38.1 Å². The molecule has 0 saturated carbocycles. The summed E-state index contributed by atoms with van der Waals surface area (Å²) in [6.07, 6.45) is 1.99. The molecule has 0 radical (unpaired) electrons. The van der Waals surface area contributed by atoms with Crippen LogP contribution in [0.2, 0.25) is 0 Å². The maximum absolute atomic E-state index is 12.2. The maximum atomic E-state index is 12.2. The fraction of sp³-hybridized carbons (Fsp3) is 0.250. The first-order chi connectivity index (χ1) is 9.52. The fourth-order valence-electron chi connectivity index (χ4n) is 2.17. The molecule has 104 valence electrons. The molecule has 0 saturated heterocycles. The van der Waals surface area contributed by atoms with Crippen molar-refractivity contribution in [3.8, 4) is 5.75 Å². The number of ketones is 1. The van der Waals surface area contributed by atoms with Gasteiger partial charge in [-0.1, -0.05) is 0 Å². The molecule has 1 aromatic heterocycles. The van der Waals surface area contributed by atoms with E-state index in [9.17, 15) is 4.79 Å². The number of nitrogens with zero attached hydrogens (tertiary/aromatic N) is 1. The number of hydrogen-bond donors (Lipinski definition) is 1. The Morgan fingerprint density at radius 1 is 1.25 bits per heavy atom. The third-order valence-corrected chi connectivity index (χ3v) is 3.31. The zero-order valence-corrected chi connectivity index (χ0v) is 11.9. The van der Waals surface area contributed by atoms with Gasteiger partial charge in [-0.3, -0.25) is 9.78 Å². The molecular weight excluding hydrogens is 252 g/mol. The Morgan fingerprint density at radius 2 is 1.90 bits per heavy atom. The minimum atomic E-state index is 0.0199. The molecule has 1 aromatic carbocycles. The highest BCUT2D eigenvalue weighted by Gasteiger charge is 2.14. The molecule has 20 heavy (non-hydrogen) atoms. The summed E-state index contributed by atoms with van der Waals surface area (Å²) >= 11 is 0. The van der Waals surface area contributed by atoms with Crippen molar-refractivity contribution in [1.29, 1.82) is 0 Å². The van der Waals surface area contributed by atoms with Gasteiger partial charge in [0.1, 0.15) is 5.75 Å². The normalized spacial score (nSPS) is 10.3. The molecule has 4 heteroatoms. The average Bonchev–Trinajstić information content (AvgIpc) is 2.43. The molecule has 0 unspecified atom stereocenters. The van der Waals surface area contributed by atoms with Gasteiger partial charge in [-0.15, -0.1) is 0 Å². The predicted molar refractivity (Wildman–Crippen MR) is 79.2 cm³/mol. The minimum Gasteiger partial charge on any atom is -0.496 e. The van der Waals surface area contributed by atoms with Crippen LogP contribution in [0.15, 0.2) is 30.5 Å². The zero-order valence-electron chi connectivity index (χ0n) is 11.9. The van der Waals surface area contributed by atoms with E-state index in [1.807, 2.05) is 13.8 Å². The van der Waals surface area contributed by atoms with Gasteiger partial charge in [-0.25, -0.2) is 0 Å². The van der Waals surface area contributed by atoms with E-state index < -0.39 is 0 Å². The van der Waals surface area contributed by atoms with Crippen molar-refractivity contribution in [2.75, 3.05) is 12.8 Å². The van der Waals surface area contributed by atoms with Crippen molar-refractivity contribution in [2.24, 2.45) is 0 Å². The van der Waals surface area contributed by atoms with E-state index in [0.717, 1.165) is 22.6 Å². The Bertz CT molecular complexity index is 634. The number of Topliss-reactive ketones (excluding diaryl/α,β-unsaturated/α-hetero) is 1. The summed E-state index contributed by atoms with van der Waals surface area (Å²) in [4.78, 5) is 16.6. The highest BCUT2D eigenvalue weighted by atomic mass is 16.5. The predicted octanol–water partition coefficient (Wildman–Crippen LogP) is 2.71. The van der Waals surface area contributed by atoms with E-state index >= 15 is 0 Å². The smallest absolute Gasteiger partial charge is 0.168 e. The van der Waals surface area contributed by atoms with Crippen LogP contribution in [0, 0.1) is 13.8 Å². The van der Waals surface area contributed by atoms with Crippen LogP contribution in [-0.4, -0.2) is 17.9 Å². The number of methoxy groups -OCH3 is 1. The lowest BCUT2D eigenvalue weighted by Crippen LogP contribution is -2.08. The van der Waals surface area contributed by atoms with Crippen molar-refractivity contribution in [1.82, 2.24) is 4.98 Å². The summed E-state index contributed by atoms with van der Waals surface area (Å²) in [6.45, 7) is 3.86. The van der Waals surface area contributed by atoms with Crippen LogP contribution in [-0.2, 0) is 6.42 Å². The van der Waals surface area contributed by atoms with Crippen LogP contribution in [0.1, 0.15) is 27.2 Å². The number of anilines is 1. The molecule has 0 spiro atoms. The van der Waals surface area contributed by atoms with Crippen molar-refractivity contribution >= 4 is 11.5 Å². The molecule has 2 N–H and O–H groups in total. The zero-order chi connectivity index (χ0) is 14.7. The lowest BCUT2D eigenvalue weighted by Gasteiger charge is -2.11. The second kappa shape index (κ2) is 5.74. The minimum absolute atomic E-state index is 0.0199. The molecule has 4 nitrogen and oxygen atoms in total. The molecular formula is C16H18N2O2. The third kappa shape index (κ3) is 2.79. The van der Waals surface area contributed by atoms with Gasteiger partial charge >= 0.3 is 0 Å². The van der Waals surface area contributed by atoms with Gasteiger partial charge in [0.25, 0.3) is 0 Å². The summed E-state index contributed by atoms with van der Waals surface area (Å²) in [7, 11) is 1.63. The van der Waals surface area contributed by atoms with Crippen LogP contribution in [0.4, 0.5) is 5.69 Å². The van der Waals surface area contributed by atoms with Crippen molar-refractivity contribution < 1.29 is 9.53 Å². The van der Waals surface area contributed by atoms with Crippen LogP contribution < -0.4 is 10.5 Å². The van der Waals surface area contributed by atoms with E-state index in [2.05, 4.69) is 4.98 Å². The van der Waals surface area contributed by atoms with Crippen LogP contribution >= 0.6 is 0 Å². The molecule has 2 aromatic rings. The SMILES string of the molecule is COc1c(C)cnc(CC(=O)c2ccc(N)cc2)c1C. The molecule has 0 fully saturated rings. The highest BCUT2D eigenvalue weighted by Crippen LogP contribution is 2.24. The van der Waals surface area contributed by atoms with Gasteiger partial charge in [-0.2, -0.15) is 0 Å². The van der Waals surface area contributed by atoms with Gasteiger partial charge in [0.15, 0.2) is 5.78 Å². The molecule has 1 heterocycles. The Balaban J connectivity index is 2.26. The maximum Gasteiger partial charge on any atom is 0.168 e. The van der Waals surface area contributed by atoms with E-state index in [0.29, 0.717) is 11.3 Å². The number of pyridine rings is 1. The lowest BCUT2D eigenvalue weighted by molar-refractivity contribution is 0.0991. The summed E-state index contributed by atoms with van der Waals surface area (Å²) in [5, 5.41) is 0. The number of aryl methyl sites for hydroxylation is 1. The largest absolute Gasteiger partial charge is 0.496 e. The van der Waals surface area contributed by atoms with Gasteiger partial charge in [0, 0.05) is 28.6 Å². The van der Waals surface area contributed by atoms with Crippen LogP contribution in [0.25, 0.3) is 0 Å². The number of hydrogen-bond acceptors (Lipinski definition) is 4. The van der Waals surface area contributed by atoms with Gasteiger partial charge < -0.3 is 10.5 Å². The average molecular weight is 270 g/mol. The first kappa shape index (κ1) is 14.1. The number of nitrogens with two attached hydrogens (primary N) is 1. The number of aromatic nitrogens is 1. The van der Waals surface area contributed by atoms with Crippen molar-refractivity contribution in [3.63, 3.8) is 0 Å².